The van der Waals surface area contributed by atoms with Gasteiger partial charge in [0.25, 0.3) is 0 Å². The molecule has 1 fully saturated rings. The highest BCUT2D eigenvalue weighted by Gasteiger charge is 2.31. The SMILES string of the molecule is Cc1cc(C(=O)COC(=O)c2csc(-c3ccc(Cl)cc3)n2)c(C)n1C1CCS(=O)(=O)C1. The average Bonchev–Trinajstić information content (AvgIpc) is 3.44. The van der Waals surface area contributed by atoms with Crippen LogP contribution in [0.2, 0.25) is 5.02 Å². The summed E-state index contributed by atoms with van der Waals surface area (Å²) in [6.45, 7) is 3.21. The lowest BCUT2D eigenvalue weighted by molar-refractivity contribution is 0.0469. The number of hydrogen-bond donors (Lipinski definition) is 0. The maximum absolute atomic E-state index is 12.7. The third kappa shape index (κ3) is 4.65. The third-order valence-electron chi connectivity index (χ3n) is 5.50. The van der Waals surface area contributed by atoms with Crippen molar-refractivity contribution in [2.24, 2.45) is 0 Å². The molecule has 1 atom stereocenters. The van der Waals surface area contributed by atoms with E-state index in [2.05, 4.69) is 4.98 Å². The Morgan fingerprint density at radius 3 is 2.62 bits per heavy atom. The number of nitrogens with zero attached hydrogens (tertiary/aromatic N) is 2. The quantitative estimate of drug-likeness (QED) is 0.376. The molecule has 32 heavy (non-hydrogen) atoms. The Morgan fingerprint density at radius 2 is 1.97 bits per heavy atom. The first-order chi connectivity index (χ1) is 15.1. The van der Waals surface area contributed by atoms with Crippen LogP contribution >= 0.6 is 22.9 Å². The summed E-state index contributed by atoms with van der Waals surface area (Å²) in [6, 6.07) is 8.65. The van der Waals surface area contributed by atoms with Gasteiger partial charge in [-0.25, -0.2) is 18.2 Å². The van der Waals surface area contributed by atoms with E-state index >= 15 is 0 Å². The number of benzene rings is 1. The van der Waals surface area contributed by atoms with Gasteiger partial charge in [0.05, 0.1) is 11.5 Å². The van der Waals surface area contributed by atoms with Gasteiger partial charge in [-0.2, -0.15) is 0 Å². The topological polar surface area (TPSA) is 95.3 Å². The van der Waals surface area contributed by atoms with Gasteiger partial charge in [-0.05, 0) is 38.5 Å². The molecule has 3 heterocycles. The summed E-state index contributed by atoms with van der Waals surface area (Å²) in [5.74, 6) is -0.787. The van der Waals surface area contributed by atoms with Crippen LogP contribution in [0.25, 0.3) is 10.6 Å². The number of aromatic nitrogens is 2. The second-order valence-corrected chi connectivity index (χ2v) is 11.3. The molecule has 1 aromatic carbocycles. The molecule has 3 aromatic rings. The second kappa shape index (κ2) is 8.80. The number of ether oxygens (including phenoxy) is 1. The maximum atomic E-state index is 12.7. The summed E-state index contributed by atoms with van der Waals surface area (Å²) in [7, 11) is -3.05. The van der Waals surface area contributed by atoms with Crippen LogP contribution < -0.4 is 0 Å². The van der Waals surface area contributed by atoms with E-state index in [-0.39, 0.29) is 29.0 Å². The fraction of sp³-hybridized carbons (Fsp3) is 0.318. The molecule has 168 valence electrons. The fourth-order valence-corrected chi connectivity index (χ4v) is 6.60. The molecule has 1 unspecified atom stereocenters. The van der Waals surface area contributed by atoms with Crippen LogP contribution in [0, 0.1) is 13.8 Å². The van der Waals surface area contributed by atoms with Gasteiger partial charge in [-0.15, -0.1) is 11.3 Å². The lowest BCUT2D eigenvalue weighted by Crippen LogP contribution is -2.17. The summed E-state index contributed by atoms with van der Waals surface area (Å²) < 4.78 is 30.8. The normalized spacial score (nSPS) is 17.4. The van der Waals surface area contributed by atoms with E-state index < -0.39 is 22.4 Å². The van der Waals surface area contributed by atoms with Crippen LogP contribution in [0.1, 0.15) is 44.7 Å². The number of halogens is 1. The van der Waals surface area contributed by atoms with E-state index in [9.17, 15) is 18.0 Å². The Morgan fingerprint density at radius 1 is 1.25 bits per heavy atom. The van der Waals surface area contributed by atoms with Crippen LogP contribution in [-0.4, -0.2) is 47.8 Å². The number of aryl methyl sites for hydroxylation is 1. The summed E-state index contributed by atoms with van der Waals surface area (Å²) in [6.07, 6.45) is 0.529. The summed E-state index contributed by atoms with van der Waals surface area (Å²) in [4.78, 5) is 29.4. The van der Waals surface area contributed by atoms with Crippen LogP contribution in [0.4, 0.5) is 0 Å². The molecule has 0 amide bonds. The van der Waals surface area contributed by atoms with Gasteiger partial charge in [0.2, 0.25) is 5.78 Å². The highest BCUT2D eigenvalue weighted by molar-refractivity contribution is 7.91. The summed E-state index contributed by atoms with van der Waals surface area (Å²) >= 11 is 7.19. The van der Waals surface area contributed by atoms with Crippen molar-refractivity contribution in [2.45, 2.75) is 26.3 Å². The van der Waals surface area contributed by atoms with E-state index in [0.29, 0.717) is 27.7 Å². The molecular formula is C22H21ClN2O5S2. The number of hydrogen-bond acceptors (Lipinski definition) is 7. The molecule has 0 N–H and O–H groups in total. The number of Topliss-reactive ketones (excluding diaryl/α,β-unsaturated/α-hetero) is 1. The van der Waals surface area contributed by atoms with E-state index in [1.165, 1.54) is 11.3 Å². The van der Waals surface area contributed by atoms with Crippen molar-refractivity contribution in [1.29, 1.82) is 0 Å². The Hall–Kier alpha value is -2.49. The largest absolute Gasteiger partial charge is 0.453 e. The number of thiazole rings is 1. The first-order valence-corrected chi connectivity index (χ1v) is 13.0. The summed E-state index contributed by atoms with van der Waals surface area (Å²) in [5.41, 5.74) is 2.89. The minimum Gasteiger partial charge on any atom is -0.453 e. The Bertz CT molecular complexity index is 1290. The Balaban J connectivity index is 1.43. The van der Waals surface area contributed by atoms with Gasteiger partial charge < -0.3 is 9.30 Å². The van der Waals surface area contributed by atoms with Crippen molar-refractivity contribution in [3.05, 3.63) is 63.4 Å². The molecule has 1 aliphatic heterocycles. The van der Waals surface area contributed by atoms with Crippen LogP contribution in [0.15, 0.2) is 35.7 Å². The lowest BCUT2D eigenvalue weighted by Gasteiger charge is -2.16. The van der Waals surface area contributed by atoms with Crippen LogP contribution in [0.5, 0.6) is 0 Å². The zero-order valence-electron chi connectivity index (χ0n) is 17.5. The molecule has 2 aromatic heterocycles. The first-order valence-electron chi connectivity index (χ1n) is 9.95. The predicted molar refractivity (Wildman–Crippen MR) is 123 cm³/mol. The Labute approximate surface area is 194 Å². The molecule has 4 rings (SSSR count). The van der Waals surface area contributed by atoms with Crippen molar-refractivity contribution in [1.82, 2.24) is 9.55 Å². The van der Waals surface area contributed by atoms with E-state index in [1.54, 1.807) is 30.5 Å². The fourth-order valence-electron chi connectivity index (χ4n) is 3.98. The summed E-state index contributed by atoms with van der Waals surface area (Å²) in [5, 5.41) is 2.84. The highest BCUT2D eigenvalue weighted by atomic mass is 35.5. The molecule has 10 heteroatoms. The number of sulfone groups is 1. The smallest absolute Gasteiger partial charge is 0.358 e. The van der Waals surface area contributed by atoms with Crippen molar-refractivity contribution < 1.29 is 22.7 Å². The maximum Gasteiger partial charge on any atom is 0.358 e. The molecule has 0 bridgehead atoms. The van der Waals surface area contributed by atoms with Crippen molar-refractivity contribution in [3.8, 4) is 10.6 Å². The monoisotopic (exact) mass is 492 g/mol. The minimum atomic E-state index is -3.05. The Kier molecular flexibility index (Phi) is 6.24. The molecular weight excluding hydrogens is 472 g/mol. The van der Waals surface area contributed by atoms with E-state index in [0.717, 1.165) is 11.3 Å². The second-order valence-electron chi connectivity index (χ2n) is 7.76. The predicted octanol–water partition coefficient (Wildman–Crippen LogP) is 4.28. The van der Waals surface area contributed by atoms with Crippen molar-refractivity contribution >= 4 is 44.5 Å². The van der Waals surface area contributed by atoms with Gasteiger partial charge >= 0.3 is 5.97 Å². The number of rotatable bonds is 6. The average molecular weight is 493 g/mol. The number of carbonyl (C=O) groups is 2. The van der Waals surface area contributed by atoms with Crippen molar-refractivity contribution in [3.63, 3.8) is 0 Å². The number of carbonyl (C=O) groups excluding carboxylic acids is 2. The first kappa shape index (κ1) is 22.7. The molecule has 0 radical (unpaired) electrons. The molecule has 1 saturated heterocycles. The third-order valence-corrected chi connectivity index (χ3v) is 8.39. The van der Waals surface area contributed by atoms with Gasteiger partial charge in [-0.3, -0.25) is 4.79 Å². The van der Waals surface area contributed by atoms with Crippen molar-refractivity contribution in [2.75, 3.05) is 18.1 Å². The van der Waals surface area contributed by atoms with Crippen LogP contribution in [-0.2, 0) is 14.6 Å². The molecule has 1 aliphatic rings. The van der Waals surface area contributed by atoms with E-state index in [4.69, 9.17) is 16.3 Å². The van der Waals surface area contributed by atoms with Gasteiger partial charge in [0.1, 0.15) is 5.01 Å². The number of ketones is 1. The highest BCUT2D eigenvalue weighted by Crippen LogP contribution is 2.29. The molecule has 0 aliphatic carbocycles. The standard InChI is InChI=1S/C22H21ClN2O5S2/c1-13-9-18(14(2)25(13)17-7-8-32(28,29)12-17)20(26)10-30-22(27)19-11-31-21(24-19)15-3-5-16(23)6-4-15/h3-6,9,11,17H,7-8,10,12H2,1-2H3. The number of esters is 1. The van der Waals surface area contributed by atoms with Crippen LogP contribution in [0.3, 0.4) is 0 Å². The molecule has 0 saturated carbocycles. The minimum absolute atomic E-state index is 0.0752. The molecule has 7 nitrogen and oxygen atoms in total. The van der Waals surface area contributed by atoms with Gasteiger partial charge in [0.15, 0.2) is 22.1 Å². The zero-order valence-corrected chi connectivity index (χ0v) is 19.9. The molecule has 0 spiro atoms. The van der Waals surface area contributed by atoms with Gasteiger partial charge in [0, 0.05) is 39.0 Å². The lowest BCUT2D eigenvalue weighted by atomic mass is 10.1. The van der Waals surface area contributed by atoms with Gasteiger partial charge in [-0.1, -0.05) is 23.7 Å². The zero-order chi connectivity index (χ0) is 23.0. The van der Waals surface area contributed by atoms with E-state index in [1.807, 2.05) is 23.6 Å².